The molecule has 0 bridgehead atoms. The minimum absolute atomic E-state index is 0.0759. The number of carbonyl (C=O) groups is 2. The van der Waals surface area contributed by atoms with E-state index in [0.717, 1.165) is 11.3 Å². The quantitative estimate of drug-likeness (QED) is 0.763. The van der Waals surface area contributed by atoms with Gasteiger partial charge in [-0.05, 0) is 0 Å². The van der Waals surface area contributed by atoms with Crippen LogP contribution in [0.2, 0.25) is 0 Å². The van der Waals surface area contributed by atoms with Gasteiger partial charge in [0.2, 0.25) is 0 Å². The van der Waals surface area contributed by atoms with Crippen LogP contribution in [-0.2, 0) is 20.9 Å². The summed E-state index contributed by atoms with van der Waals surface area (Å²) in [4.78, 5) is 26.0. The Bertz CT molecular complexity index is 388. The lowest BCUT2D eigenvalue weighted by molar-refractivity contribution is -0.142. The Morgan fingerprint density at radius 2 is 2.20 bits per heavy atom. The third-order valence-electron chi connectivity index (χ3n) is 1.50. The Morgan fingerprint density at radius 1 is 1.53 bits per heavy atom. The first-order valence-electron chi connectivity index (χ1n) is 4.01. The Morgan fingerprint density at radius 3 is 2.73 bits per heavy atom. The van der Waals surface area contributed by atoms with Crippen molar-refractivity contribution < 1.29 is 19.1 Å². The first-order chi connectivity index (χ1) is 7.04. The van der Waals surface area contributed by atoms with Gasteiger partial charge < -0.3 is 15.2 Å². The van der Waals surface area contributed by atoms with Gasteiger partial charge in [0, 0.05) is 6.92 Å². The molecule has 82 valence electrons. The molecular formula is C8H10N2O4S. The number of aromatic nitrogens is 1. The number of nitrogens with zero attached hydrogens (tertiary/aromatic N) is 1. The zero-order valence-electron chi connectivity index (χ0n) is 8.27. The van der Waals surface area contributed by atoms with E-state index in [1.54, 1.807) is 0 Å². The van der Waals surface area contributed by atoms with Gasteiger partial charge in [-0.25, -0.2) is 9.78 Å². The zero-order valence-corrected chi connectivity index (χ0v) is 9.09. The first-order valence-corrected chi connectivity index (χ1v) is 4.83. The van der Waals surface area contributed by atoms with Crippen molar-refractivity contribution in [1.82, 2.24) is 4.98 Å². The average Bonchev–Trinajstić information content (AvgIpc) is 2.55. The number of carbonyl (C=O) groups excluding carboxylic acids is 2. The number of ether oxygens (including phenoxy) is 2. The van der Waals surface area contributed by atoms with Gasteiger partial charge in [0.25, 0.3) is 0 Å². The molecule has 15 heavy (non-hydrogen) atoms. The van der Waals surface area contributed by atoms with Crippen LogP contribution in [0.4, 0.5) is 5.13 Å². The minimum Gasteiger partial charge on any atom is -0.465 e. The highest BCUT2D eigenvalue weighted by Crippen LogP contribution is 2.21. The second kappa shape index (κ2) is 4.74. The highest BCUT2D eigenvalue weighted by molar-refractivity contribution is 7.17. The third-order valence-corrected chi connectivity index (χ3v) is 2.40. The van der Waals surface area contributed by atoms with E-state index in [-0.39, 0.29) is 16.6 Å². The molecule has 0 unspecified atom stereocenters. The minimum atomic E-state index is -0.536. The molecule has 0 saturated carbocycles. The fourth-order valence-electron chi connectivity index (χ4n) is 0.890. The number of thiazole rings is 1. The summed E-state index contributed by atoms with van der Waals surface area (Å²) in [5.41, 5.74) is 5.76. The number of hydrogen-bond acceptors (Lipinski definition) is 7. The average molecular weight is 230 g/mol. The molecule has 1 rings (SSSR count). The van der Waals surface area contributed by atoms with Crippen molar-refractivity contribution in [3.05, 3.63) is 10.6 Å². The summed E-state index contributed by atoms with van der Waals surface area (Å²) in [5, 5.41) is 0.234. The lowest BCUT2D eigenvalue weighted by Gasteiger charge is -2.00. The molecule has 7 heteroatoms. The standard InChI is InChI=1S/C8H10N2O4S/c1-4(11)14-3-5-6(7(12)13-2)15-8(9)10-5/h3H2,1-2H3,(H2,9,10). The molecule has 0 amide bonds. The van der Waals surface area contributed by atoms with E-state index in [1.807, 2.05) is 0 Å². The summed E-state index contributed by atoms with van der Waals surface area (Å²) < 4.78 is 9.25. The van der Waals surface area contributed by atoms with Crippen LogP contribution in [0, 0.1) is 0 Å². The van der Waals surface area contributed by atoms with E-state index in [0.29, 0.717) is 5.69 Å². The SMILES string of the molecule is COC(=O)c1sc(N)nc1COC(C)=O. The monoisotopic (exact) mass is 230 g/mol. The Balaban J connectivity index is 2.86. The molecule has 6 nitrogen and oxygen atoms in total. The fourth-order valence-corrected chi connectivity index (χ4v) is 1.64. The Labute approximate surface area is 90.0 Å². The largest absolute Gasteiger partial charge is 0.465 e. The lowest BCUT2D eigenvalue weighted by atomic mass is 10.4. The maximum Gasteiger partial charge on any atom is 0.350 e. The van der Waals surface area contributed by atoms with Crippen LogP contribution in [0.25, 0.3) is 0 Å². The van der Waals surface area contributed by atoms with Crippen molar-refractivity contribution in [2.75, 3.05) is 12.8 Å². The van der Waals surface area contributed by atoms with E-state index in [2.05, 4.69) is 9.72 Å². The number of anilines is 1. The number of rotatable bonds is 3. The topological polar surface area (TPSA) is 91.5 Å². The molecule has 0 fully saturated rings. The van der Waals surface area contributed by atoms with Gasteiger partial charge in [0.1, 0.15) is 17.2 Å². The highest BCUT2D eigenvalue weighted by Gasteiger charge is 2.18. The van der Waals surface area contributed by atoms with Crippen LogP contribution in [0.3, 0.4) is 0 Å². The molecule has 0 aromatic carbocycles. The summed E-state index contributed by atoms with van der Waals surface area (Å²) in [6, 6.07) is 0. The first kappa shape index (κ1) is 11.4. The van der Waals surface area contributed by atoms with Gasteiger partial charge in [-0.1, -0.05) is 11.3 Å². The molecule has 0 aliphatic heterocycles. The third kappa shape index (κ3) is 2.91. The van der Waals surface area contributed by atoms with Crippen molar-refractivity contribution in [1.29, 1.82) is 0 Å². The number of nitrogens with two attached hydrogens (primary N) is 1. The van der Waals surface area contributed by atoms with Gasteiger partial charge in [0.05, 0.1) is 7.11 Å². The number of nitrogen functional groups attached to an aromatic ring is 1. The van der Waals surface area contributed by atoms with Crippen molar-refractivity contribution in [3.8, 4) is 0 Å². The molecule has 1 heterocycles. The predicted octanol–water partition coefficient (Wildman–Crippen LogP) is 0.575. The molecule has 0 radical (unpaired) electrons. The van der Waals surface area contributed by atoms with Gasteiger partial charge in [0.15, 0.2) is 5.13 Å². The second-order valence-corrected chi connectivity index (χ2v) is 3.63. The smallest absolute Gasteiger partial charge is 0.350 e. The molecule has 0 aliphatic rings. The van der Waals surface area contributed by atoms with Crippen molar-refractivity contribution in [2.24, 2.45) is 0 Å². The molecule has 0 atom stereocenters. The van der Waals surface area contributed by atoms with Crippen molar-refractivity contribution in [3.63, 3.8) is 0 Å². The second-order valence-electron chi connectivity index (χ2n) is 2.60. The van der Waals surface area contributed by atoms with Gasteiger partial charge >= 0.3 is 11.9 Å². The van der Waals surface area contributed by atoms with Crippen LogP contribution in [0.1, 0.15) is 22.3 Å². The summed E-state index contributed by atoms with van der Waals surface area (Å²) in [6.07, 6.45) is 0. The molecule has 1 aromatic heterocycles. The van der Waals surface area contributed by atoms with E-state index in [4.69, 9.17) is 10.5 Å². The van der Waals surface area contributed by atoms with Crippen LogP contribution in [0.15, 0.2) is 0 Å². The van der Waals surface area contributed by atoms with Crippen LogP contribution >= 0.6 is 11.3 Å². The molecular weight excluding hydrogens is 220 g/mol. The number of hydrogen-bond donors (Lipinski definition) is 1. The van der Waals surface area contributed by atoms with E-state index < -0.39 is 11.9 Å². The molecule has 2 N–H and O–H groups in total. The van der Waals surface area contributed by atoms with Crippen LogP contribution in [0.5, 0.6) is 0 Å². The predicted molar refractivity (Wildman–Crippen MR) is 53.3 cm³/mol. The summed E-state index contributed by atoms with van der Waals surface area (Å²) in [6.45, 7) is 1.20. The highest BCUT2D eigenvalue weighted by atomic mass is 32.1. The molecule has 0 saturated heterocycles. The van der Waals surface area contributed by atoms with E-state index >= 15 is 0 Å². The maximum absolute atomic E-state index is 11.2. The van der Waals surface area contributed by atoms with Crippen LogP contribution < -0.4 is 5.73 Å². The van der Waals surface area contributed by atoms with E-state index in [1.165, 1.54) is 14.0 Å². The maximum atomic E-state index is 11.2. The van der Waals surface area contributed by atoms with E-state index in [9.17, 15) is 9.59 Å². The Kier molecular flexibility index (Phi) is 3.62. The molecule has 1 aromatic rings. The summed E-state index contributed by atoms with van der Waals surface area (Å²) in [7, 11) is 1.26. The summed E-state index contributed by atoms with van der Waals surface area (Å²) in [5.74, 6) is -0.983. The number of esters is 2. The normalized spacial score (nSPS) is 9.73. The fraction of sp³-hybridized carbons (Fsp3) is 0.375. The number of methoxy groups -OCH3 is 1. The van der Waals surface area contributed by atoms with Crippen molar-refractivity contribution >= 4 is 28.4 Å². The summed E-state index contributed by atoms with van der Waals surface area (Å²) >= 11 is 1.000. The van der Waals surface area contributed by atoms with Crippen molar-refractivity contribution in [2.45, 2.75) is 13.5 Å². The molecule has 0 aliphatic carbocycles. The lowest BCUT2D eigenvalue weighted by Crippen LogP contribution is -2.06. The van der Waals surface area contributed by atoms with Crippen LogP contribution in [-0.4, -0.2) is 24.0 Å². The van der Waals surface area contributed by atoms with Gasteiger partial charge in [-0.3, -0.25) is 4.79 Å². The molecule has 0 spiro atoms. The zero-order chi connectivity index (χ0) is 11.4. The van der Waals surface area contributed by atoms with Gasteiger partial charge in [-0.15, -0.1) is 0 Å². The Hall–Kier alpha value is -1.63. The van der Waals surface area contributed by atoms with Gasteiger partial charge in [-0.2, -0.15) is 0 Å².